The molecule has 4 saturated carbocycles. The van der Waals surface area contributed by atoms with E-state index in [0.29, 0.717) is 112 Å². The van der Waals surface area contributed by atoms with E-state index >= 15 is 0 Å². The third-order valence-corrected chi connectivity index (χ3v) is 32.0. The molecule has 720 valence electrons. The first-order valence-corrected chi connectivity index (χ1v) is 51.4. The first-order chi connectivity index (χ1) is 63.6. The van der Waals surface area contributed by atoms with Gasteiger partial charge in [0.25, 0.3) is 0 Å². The van der Waals surface area contributed by atoms with Gasteiger partial charge in [-0.25, -0.2) is 0 Å². The van der Waals surface area contributed by atoms with Gasteiger partial charge in [0.1, 0.15) is 28.7 Å². The number of phenolic OH excluding ortho intramolecular Hbond substituents is 5. The van der Waals surface area contributed by atoms with Crippen LogP contribution in [0, 0.1) is 53.3 Å². The molecule has 12 atom stereocenters. The van der Waals surface area contributed by atoms with Gasteiger partial charge in [-0.1, -0.05) is 212 Å². The fourth-order valence-electron chi connectivity index (χ4n) is 23.0. The maximum atomic E-state index is 13.1. The van der Waals surface area contributed by atoms with Gasteiger partial charge in [-0.05, 0) is 285 Å². The Bertz CT molecular complexity index is 4710. The highest BCUT2D eigenvalue weighted by molar-refractivity contribution is 5.85. The molecule has 18 rings (SSSR count). The molecule has 0 radical (unpaired) electrons. The third kappa shape index (κ3) is 28.1. The molecule has 22 nitrogen and oxygen atoms in total. The number of nitrogens with one attached hydrogen (secondary N) is 9. The van der Waals surface area contributed by atoms with Gasteiger partial charge in [-0.3, -0.25) is 33.8 Å². The van der Waals surface area contributed by atoms with Gasteiger partial charge in [-0.2, -0.15) is 0 Å². The molecule has 0 unspecified atom stereocenters. The zero-order chi connectivity index (χ0) is 93.1. The molecule has 0 spiro atoms. The molecule has 132 heavy (non-hydrogen) atoms. The summed E-state index contributed by atoms with van der Waals surface area (Å²) in [5.41, 5.74) is 12.4. The van der Waals surface area contributed by atoms with Crippen molar-refractivity contribution in [3.05, 3.63) is 183 Å². The number of hydrogen-bond acceptors (Lipinski definition) is 17. The standard InChI is InChI=1S/C24H30N2O2.C22H35N3O2.C22H34N2O2.C21H31N3O2.C21H30N2O2/c27-21-12-11-19-15-23(25-16-20(19)14-21)24(28)26-22(18-9-5-2-6-10-18)13-17-7-3-1-4-8-17;1-14(2)21(13-25-8-7-15(3)16(4)12-25)24-22(27)20-10-17-5-6-19(26)9-18(17)11-23-20;1-15(2)20(11-16-7-5-4-6-8-16)23-22(26)21-13-17-9-10-19(25)12-18(17)14-24(21)3;1-13(2)20(12-24-16-4-5-17(24)7-6-16)23-21(26)19-10-14-3-8-18(25)9-15(14)11-22-19;24-18-9-8-16-12-20(22-13-17(16)11-18)21(25)23-19(15-6-7-15)10-14-4-2-1-3-5-14/h2,5-6,9-12,14,17,22-23,25,27H,1,3-4,7-8,13,15-16H2,(H,26,28);5-6,9,14-16,20-21,23,26H,7-8,10-13H2,1-4H3,(H,24,27);9-10,12,15-16,20-21,25H,4-8,11,13-14H2,1-3H3,(H,23,26);3,8-9,13,16-17,19-20,22,25H,4-7,10-12H2,1-2H3,(H,23,26);8-9,11,14-15,19-20,22,24H,1-7,10,12-13H2,(H,23,25)/t22-,23-;15-,16-,20-,21-;20-,21-;16?,17?,19-,20-;19-,20-/m11111/s1. The Morgan fingerprint density at radius 1 is 0.371 bits per heavy atom. The highest BCUT2D eigenvalue weighted by atomic mass is 16.3. The minimum atomic E-state index is -0.227. The van der Waals surface area contributed by atoms with E-state index in [2.05, 4.69) is 142 Å². The van der Waals surface area contributed by atoms with Crippen molar-refractivity contribution < 1.29 is 49.5 Å². The Balaban J connectivity index is 0.000000133. The number of carbonyl (C=O) groups excluding carboxylic acids is 5. The largest absolute Gasteiger partial charge is 0.508 e. The third-order valence-electron chi connectivity index (χ3n) is 32.0. The average molecular weight is 1810 g/mol. The van der Waals surface area contributed by atoms with Gasteiger partial charge < -0.3 is 78.3 Å². The lowest BCUT2D eigenvalue weighted by Gasteiger charge is -2.38. The number of phenols is 5. The molecule has 8 aliphatic heterocycles. The second kappa shape index (κ2) is 47.7. The van der Waals surface area contributed by atoms with Crippen LogP contribution < -0.4 is 47.9 Å². The highest BCUT2D eigenvalue weighted by Crippen LogP contribution is 2.41. The van der Waals surface area contributed by atoms with E-state index in [1.54, 1.807) is 54.6 Å². The molecule has 14 N–H and O–H groups in total. The predicted molar refractivity (Wildman–Crippen MR) is 525 cm³/mol. The molecular formula is C110H160N12O10. The molecule has 6 aromatic rings. The number of fused-ring (bicyclic) bond motifs is 7. The summed E-state index contributed by atoms with van der Waals surface area (Å²) in [7, 11) is 2.00. The summed E-state index contributed by atoms with van der Waals surface area (Å²) in [6, 6.07) is 39.3. The number of nitrogens with zero attached hydrogens (tertiary/aromatic N) is 3. The molecular weight excluding hydrogens is 1650 g/mol. The summed E-state index contributed by atoms with van der Waals surface area (Å²) >= 11 is 0. The Hall–Kier alpha value is -8.61. The number of hydrogen-bond donors (Lipinski definition) is 14. The zero-order valence-electron chi connectivity index (χ0n) is 80.9. The van der Waals surface area contributed by atoms with Gasteiger partial charge in [0.2, 0.25) is 29.5 Å². The van der Waals surface area contributed by atoms with Crippen molar-refractivity contribution in [1.82, 2.24) is 62.6 Å². The van der Waals surface area contributed by atoms with Gasteiger partial charge in [-0.15, -0.1) is 0 Å². The molecule has 4 aliphatic carbocycles. The summed E-state index contributed by atoms with van der Waals surface area (Å²) in [6.07, 6.45) is 35.9. The van der Waals surface area contributed by atoms with Crippen LogP contribution in [0.1, 0.15) is 283 Å². The van der Waals surface area contributed by atoms with Crippen molar-refractivity contribution in [3.8, 4) is 28.7 Å². The summed E-state index contributed by atoms with van der Waals surface area (Å²) in [5, 5.41) is 78.3. The number of aromatic hydroxyl groups is 5. The second-order valence-electron chi connectivity index (χ2n) is 42.8. The maximum Gasteiger partial charge on any atom is 0.237 e. The van der Waals surface area contributed by atoms with E-state index < -0.39 is 0 Å². The lowest BCUT2D eigenvalue weighted by Crippen LogP contribution is -2.55. The van der Waals surface area contributed by atoms with Crippen molar-refractivity contribution in [2.75, 3.05) is 33.2 Å². The molecule has 2 bridgehead atoms. The van der Waals surface area contributed by atoms with Crippen LogP contribution in [0.5, 0.6) is 28.7 Å². The molecule has 6 aromatic carbocycles. The van der Waals surface area contributed by atoms with E-state index in [9.17, 15) is 49.5 Å². The van der Waals surface area contributed by atoms with Crippen LogP contribution in [0.4, 0.5) is 0 Å². The number of piperidine rings is 1. The fourth-order valence-corrected chi connectivity index (χ4v) is 23.0. The Morgan fingerprint density at radius 2 is 0.742 bits per heavy atom. The lowest BCUT2D eigenvalue weighted by atomic mass is 9.82. The number of likely N-dealkylation sites (N-methyl/N-ethyl adjacent to an activating group) is 1. The van der Waals surface area contributed by atoms with Crippen LogP contribution in [0.2, 0.25) is 0 Å². The van der Waals surface area contributed by atoms with Crippen LogP contribution in [-0.4, -0.2) is 169 Å². The van der Waals surface area contributed by atoms with Gasteiger partial charge in [0, 0.05) is 88.6 Å². The van der Waals surface area contributed by atoms with Gasteiger partial charge in [0.15, 0.2) is 0 Å². The van der Waals surface area contributed by atoms with Crippen LogP contribution in [0.3, 0.4) is 0 Å². The highest BCUT2D eigenvalue weighted by Gasteiger charge is 2.43. The van der Waals surface area contributed by atoms with Crippen molar-refractivity contribution in [1.29, 1.82) is 0 Å². The van der Waals surface area contributed by atoms with E-state index in [0.717, 1.165) is 119 Å². The van der Waals surface area contributed by atoms with Crippen LogP contribution in [0.25, 0.3) is 0 Å². The number of likely N-dealkylation sites (tertiary alicyclic amines) is 1. The van der Waals surface area contributed by atoms with Crippen LogP contribution in [-0.2, 0) is 88.8 Å². The monoisotopic (exact) mass is 1810 g/mol. The number of amides is 5. The summed E-state index contributed by atoms with van der Waals surface area (Å²) in [5.74, 6) is 7.79. The zero-order valence-corrected chi connectivity index (χ0v) is 80.9. The summed E-state index contributed by atoms with van der Waals surface area (Å²) in [4.78, 5) is 72.0. The molecule has 5 amide bonds. The molecule has 22 heteroatoms. The van der Waals surface area contributed by atoms with Crippen molar-refractivity contribution in [2.24, 2.45) is 53.3 Å². The van der Waals surface area contributed by atoms with E-state index in [1.165, 1.54) is 164 Å². The first kappa shape index (κ1) is 99.4. The second-order valence-corrected chi connectivity index (χ2v) is 42.8. The summed E-state index contributed by atoms with van der Waals surface area (Å²) < 4.78 is 0. The number of carbonyl (C=O) groups is 5. The van der Waals surface area contributed by atoms with Crippen LogP contribution >= 0.6 is 0 Å². The molecule has 12 aliphatic rings. The van der Waals surface area contributed by atoms with E-state index in [-0.39, 0.29) is 101 Å². The van der Waals surface area contributed by atoms with Gasteiger partial charge >= 0.3 is 0 Å². The van der Waals surface area contributed by atoms with E-state index in [1.807, 2.05) is 49.5 Å². The molecule has 8 heterocycles. The number of benzene rings is 6. The van der Waals surface area contributed by atoms with Crippen molar-refractivity contribution >= 4 is 29.5 Å². The maximum absolute atomic E-state index is 13.1. The Morgan fingerprint density at radius 3 is 1.15 bits per heavy atom. The van der Waals surface area contributed by atoms with E-state index in [4.69, 9.17) is 0 Å². The Kier molecular flexibility index (Phi) is 35.9. The fraction of sp³-hybridized carbons (Fsp3) is 0.627. The Labute approximate surface area is 788 Å². The normalized spacial score (nSPS) is 25.0. The smallest absolute Gasteiger partial charge is 0.237 e. The average Bonchev–Trinajstić information content (AvgIpc) is 1.62. The van der Waals surface area contributed by atoms with Crippen LogP contribution in [0.15, 0.2) is 121 Å². The van der Waals surface area contributed by atoms with Gasteiger partial charge in [0.05, 0.1) is 36.3 Å². The lowest BCUT2D eigenvalue weighted by molar-refractivity contribution is -0.128. The minimum Gasteiger partial charge on any atom is -0.508 e. The molecule has 7 fully saturated rings. The SMILES string of the molecule is CC(C)[C@@H](CC1CCCCC1)NC(=O)[C@H]1Cc2ccc(O)cc2CN1C.CC(C)[C@@H](CN1C2CCC1CC2)NC(=O)[C@H]1Cc2ccc(O)cc2CN1.CC(C)[C@@H](CN1CC[C@@H](C)[C@H](C)C1)NC(=O)[C@H]1Cc2ccc(O)cc2CN1.O=C(N[C@H](CC1CCCCC1)C1CC1)[C@H]1Cc2ccc(O)cc2CN1.O=C(N[C@H](CC1CCCCC1)c1ccccc1)[C@H]1Cc2ccc(O)cc2CN1. The molecule has 3 saturated heterocycles. The van der Waals surface area contributed by atoms with Crippen molar-refractivity contribution in [3.63, 3.8) is 0 Å². The first-order valence-electron chi connectivity index (χ1n) is 51.4. The van der Waals surface area contributed by atoms with Crippen molar-refractivity contribution in [2.45, 2.75) is 353 Å². The minimum absolute atomic E-state index is 0.0693. The molecule has 0 aromatic heterocycles. The quantitative estimate of drug-likeness (QED) is 0.0253. The predicted octanol–water partition coefficient (Wildman–Crippen LogP) is 16.1. The topological polar surface area (TPSA) is 304 Å². The number of rotatable bonds is 25. The summed E-state index contributed by atoms with van der Waals surface area (Å²) in [6.45, 7) is 25.3.